The number of carbonyl (C=O) groups is 1. The first kappa shape index (κ1) is 18.5. The quantitative estimate of drug-likeness (QED) is 0.475. The lowest BCUT2D eigenvalue weighted by atomic mass is 9.46. The van der Waals surface area contributed by atoms with Crippen molar-refractivity contribution in [1.82, 2.24) is 0 Å². The van der Waals surface area contributed by atoms with Gasteiger partial charge in [0.15, 0.2) is 0 Å². The molecule has 2 heteroatoms. The Kier molecular flexibility index (Phi) is 5.63. The fraction of sp³-hybridized carbons (Fsp3) is 0.857. The van der Waals surface area contributed by atoms with Crippen molar-refractivity contribution in [3.8, 4) is 0 Å². The number of hydrogen-bond acceptors (Lipinski definition) is 2. The molecule has 0 N–H and O–H groups in total. The first-order chi connectivity index (χ1) is 10.7. The lowest BCUT2D eigenvalue weighted by Gasteiger charge is -2.59. The Labute approximate surface area is 143 Å². The van der Waals surface area contributed by atoms with Crippen LogP contribution in [0.1, 0.15) is 79.1 Å². The van der Waals surface area contributed by atoms with E-state index in [0.717, 1.165) is 18.3 Å². The Morgan fingerprint density at radius 3 is 2.74 bits per heavy atom. The van der Waals surface area contributed by atoms with Crippen molar-refractivity contribution < 1.29 is 9.53 Å². The molecule has 2 aliphatic carbocycles. The summed E-state index contributed by atoms with van der Waals surface area (Å²) >= 11 is 0. The molecule has 0 aromatic heterocycles. The summed E-state index contributed by atoms with van der Waals surface area (Å²) in [5.41, 5.74) is 2.21. The minimum absolute atomic E-state index is 0.0739. The third-order valence-corrected chi connectivity index (χ3v) is 7.49. The molecule has 0 heterocycles. The van der Waals surface area contributed by atoms with Gasteiger partial charge < -0.3 is 4.74 Å². The molecule has 0 amide bonds. The highest BCUT2D eigenvalue weighted by atomic mass is 16.5. The van der Waals surface area contributed by atoms with E-state index in [2.05, 4.69) is 34.3 Å². The lowest BCUT2D eigenvalue weighted by Crippen LogP contribution is -2.50. The predicted octanol–water partition coefficient (Wildman–Crippen LogP) is 5.76. The van der Waals surface area contributed by atoms with Gasteiger partial charge in [-0.3, -0.25) is 4.79 Å². The molecule has 2 fully saturated rings. The van der Waals surface area contributed by atoms with Gasteiger partial charge in [0.1, 0.15) is 0 Å². The number of ether oxygens (including phenoxy) is 1. The van der Waals surface area contributed by atoms with E-state index in [-0.39, 0.29) is 5.97 Å². The minimum atomic E-state index is -0.0739. The highest BCUT2D eigenvalue weighted by Gasteiger charge is 2.53. The maximum Gasteiger partial charge on any atom is 0.305 e. The van der Waals surface area contributed by atoms with Crippen molar-refractivity contribution in [2.45, 2.75) is 79.1 Å². The van der Waals surface area contributed by atoms with Crippen LogP contribution in [0.5, 0.6) is 0 Å². The second-order valence-electron chi connectivity index (χ2n) is 8.84. The SMILES string of the molecule is C=C1CCCC2C1(C)CCC(C)C2(C)CCC(C)CC(=O)OC. The van der Waals surface area contributed by atoms with Crippen molar-refractivity contribution in [2.75, 3.05) is 7.11 Å². The van der Waals surface area contributed by atoms with Gasteiger partial charge in [0, 0.05) is 6.42 Å². The maximum atomic E-state index is 11.5. The van der Waals surface area contributed by atoms with Gasteiger partial charge in [-0.15, -0.1) is 0 Å². The molecular weight excluding hydrogens is 284 g/mol. The molecule has 0 aromatic carbocycles. The lowest BCUT2D eigenvalue weighted by molar-refractivity contribution is -0.141. The van der Waals surface area contributed by atoms with Gasteiger partial charge >= 0.3 is 5.97 Å². The van der Waals surface area contributed by atoms with E-state index in [1.807, 2.05) is 0 Å². The number of carbonyl (C=O) groups excluding carboxylic acids is 1. The van der Waals surface area contributed by atoms with Crippen LogP contribution >= 0.6 is 0 Å². The molecular formula is C21H36O2. The minimum Gasteiger partial charge on any atom is -0.469 e. The molecule has 5 unspecified atom stereocenters. The summed E-state index contributed by atoms with van der Waals surface area (Å²) in [7, 11) is 1.48. The molecule has 2 nitrogen and oxygen atoms in total. The fourth-order valence-electron chi connectivity index (χ4n) is 5.42. The van der Waals surface area contributed by atoms with Crippen LogP contribution in [0.25, 0.3) is 0 Å². The van der Waals surface area contributed by atoms with Crippen molar-refractivity contribution in [3.05, 3.63) is 12.2 Å². The molecule has 0 radical (unpaired) electrons. The van der Waals surface area contributed by atoms with E-state index in [1.165, 1.54) is 51.2 Å². The van der Waals surface area contributed by atoms with Crippen LogP contribution in [0, 0.1) is 28.6 Å². The molecule has 0 aliphatic heterocycles. The highest BCUT2D eigenvalue weighted by Crippen LogP contribution is 2.62. The van der Waals surface area contributed by atoms with Crippen LogP contribution < -0.4 is 0 Å². The average molecular weight is 321 g/mol. The standard InChI is InChI=1S/C21H36O2/c1-15(14-19(22)23-6)10-12-20(4)17(3)11-13-21(5)16(2)8-7-9-18(20)21/h15,17-18H,2,7-14H2,1,3-6H3. The summed E-state index contributed by atoms with van der Waals surface area (Å²) in [5, 5.41) is 0. The monoisotopic (exact) mass is 320 g/mol. The van der Waals surface area contributed by atoms with Crippen LogP contribution in [0.4, 0.5) is 0 Å². The number of rotatable bonds is 5. The Morgan fingerprint density at radius 2 is 2.09 bits per heavy atom. The van der Waals surface area contributed by atoms with Crippen LogP contribution in [0.2, 0.25) is 0 Å². The summed E-state index contributed by atoms with van der Waals surface area (Å²) in [6.45, 7) is 14.1. The van der Waals surface area contributed by atoms with E-state index in [1.54, 1.807) is 0 Å². The van der Waals surface area contributed by atoms with Gasteiger partial charge in [-0.05, 0) is 73.5 Å². The topological polar surface area (TPSA) is 26.3 Å². The number of fused-ring (bicyclic) bond motifs is 1. The van der Waals surface area contributed by atoms with Gasteiger partial charge in [-0.2, -0.15) is 0 Å². The largest absolute Gasteiger partial charge is 0.469 e. The Balaban J connectivity index is 2.10. The van der Waals surface area contributed by atoms with Crippen LogP contribution in [0.15, 0.2) is 12.2 Å². The summed E-state index contributed by atoms with van der Waals surface area (Å²) in [6, 6.07) is 0. The van der Waals surface area contributed by atoms with E-state index in [9.17, 15) is 4.79 Å². The smallest absolute Gasteiger partial charge is 0.305 e. The second kappa shape index (κ2) is 6.99. The zero-order valence-electron chi connectivity index (χ0n) is 15.9. The maximum absolute atomic E-state index is 11.5. The van der Waals surface area contributed by atoms with Crippen molar-refractivity contribution >= 4 is 5.97 Å². The molecule has 0 saturated heterocycles. The van der Waals surface area contributed by atoms with Crippen molar-refractivity contribution in [2.24, 2.45) is 28.6 Å². The third-order valence-electron chi connectivity index (χ3n) is 7.49. The molecule has 0 spiro atoms. The van der Waals surface area contributed by atoms with Crippen LogP contribution in [-0.2, 0) is 9.53 Å². The molecule has 2 aliphatic rings. The first-order valence-corrected chi connectivity index (χ1v) is 9.49. The predicted molar refractivity (Wildman–Crippen MR) is 96.1 cm³/mol. The molecule has 2 rings (SSSR count). The Hall–Kier alpha value is -0.790. The Morgan fingerprint density at radius 1 is 1.39 bits per heavy atom. The van der Waals surface area contributed by atoms with Crippen molar-refractivity contribution in [1.29, 1.82) is 0 Å². The van der Waals surface area contributed by atoms with E-state index in [4.69, 9.17) is 4.74 Å². The third kappa shape index (κ3) is 3.51. The number of esters is 1. The zero-order valence-corrected chi connectivity index (χ0v) is 15.9. The summed E-state index contributed by atoms with van der Waals surface area (Å²) in [5.74, 6) is 1.85. The van der Waals surface area contributed by atoms with Gasteiger partial charge in [0.05, 0.1) is 7.11 Å². The normalized spacial score (nSPS) is 38.7. The van der Waals surface area contributed by atoms with Gasteiger partial charge in [-0.1, -0.05) is 39.8 Å². The van der Waals surface area contributed by atoms with Gasteiger partial charge in [-0.25, -0.2) is 0 Å². The molecule has 132 valence electrons. The second-order valence-corrected chi connectivity index (χ2v) is 8.84. The summed E-state index contributed by atoms with van der Waals surface area (Å²) in [6.07, 6.45) is 9.39. The molecule has 0 bridgehead atoms. The molecule has 5 atom stereocenters. The average Bonchev–Trinajstić information content (AvgIpc) is 2.52. The number of methoxy groups -OCH3 is 1. The van der Waals surface area contributed by atoms with Gasteiger partial charge in [0.2, 0.25) is 0 Å². The molecule has 23 heavy (non-hydrogen) atoms. The Bertz CT molecular complexity index is 455. The van der Waals surface area contributed by atoms with E-state index in [0.29, 0.717) is 23.2 Å². The van der Waals surface area contributed by atoms with Crippen molar-refractivity contribution in [3.63, 3.8) is 0 Å². The fourth-order valence-corrected chi connectivity index (χ4v) is 5.42. The molecule has 0 aromatic rings. The summed E-state index contributed by atoms with van der Waals surface area (Å²) in [4.78, 5) is 11.5. The van der Waals surface area contributed by atoms with E-state index < -0.39 is 0 Å². The van der Waals surface area contributed by atoms with Crippen LogP contribution in [-0.4, -0.2) is 13.1 Å². The first-order valence-electron chi connectivity index (χ1n) is 9.49. The van der Waals surface area contributed by atoms with Gasteiger partial charge in [0.25, 0.3) is 0 Å². The summed E-state index contributed by atoms with van der Waals surface area (Å²) < 4.78 is 4.82. The highest BCUT2D eigenvalue weighted by molar-refractivity contribution is 5.69. The number of allylic oxidation sites excluding steroid dienone is 1. The van der Waals surface area contributed by atoms with E-state index >= 15 is 0 Å². The number of hydrogen-bond donors (Lipinski definition) is 0. The van der Waals surface area contributed by atoms with Crippen LogP contribution in [0.3, 0.4) is 0 Å². The molecule has 2 saturated carbocycles. The zero-order chi connectivity index (χ0) is 17.3.